The highest BCUT2D eigenvalue weighted by molar-refractivity contribution is 8.00. The van der Waals surface area contributed by atoms with Crippen LogP contribution in [-0.4, -0.2) is 28.2 Å². The summed E-state index contributed by atoms with van der Waals surface area (Å²) in [6.45, 7) is 3.47. The summed E-state index contributed by atoms with van der Waals surface area (Å²) in [5.41, 5.74) is 0.393. The maximum atomic E-state index is 12.8. The molecule has 0 bridgehead atoms. The van der Waals surface area contributed by atoms with Gasteiger partial charge in [0.05, 0.1) is 17.1 Å². The molecule has 24 heavy (non-hydrogen) atoms. The van der Waals surface area contributed by atoms with E-state index >= 15 is 0 Å². The number of hydrogen-bond acceptors (Lipinski definition) is 4. The van der Waals surface area contributed by atoms with Gasteiger partial charge in [0.25, 0.3) is 0 Å². The molecule has 2 N–H and O–H groups in total. The highest BCUT2D eigenvalue weighted by atomic mass is 32.2. The van der Waals surface area contributed by atoms with E-state index in [4.69, 9.17) is 0 Å². The Hall–Kier alpha value is -2.47. The fraction of sp³-hybridized carbons (Fsp3) is 0.222. The van der Waals surface area contributed by atoms with Crippen molar-refractivity contribution in [2.75, 3.05) is 16.0 Å². The Balaban J connectivity index is 1.84. The van der Waals surface area contributed by atoms with Gasteiger partial charge in [-0.3, -0.25) is 14.5 Å². The SMILES string of the molecule is CC1(C)C(=O)Nc2ccccc2N1C(=O)CSc1ccc(O)cc1. The minimum absolute atomic E-state index is 0.139. The lowest BCUT2D eigenvalue weighted by Gasteiger charge is -2.42. The number of thioether (sulfide) groups is 1. The van der Waals surface area contributed by atoms with E-state index in [2.05, 4.69) is 5.32 Å². The third-order valence-corrected chi connectivity index (χ3v) is 4.95. The van der Waals surface area contributed by atoms with Gasteiger partial charge in [0.15, 0.2) is 0 Å². The number of carbonyl (C=O) groups is 2. The molecular weight excluding hydrogens is 324 g/mol. The normalized spacial score (nSPS) is 15.6. The van der Waals surface area contributed by atoms with Gasteiger partial charge in [-0.2, -0.15) is 0 Å². The van der Waals surface area contributed by atoms with E-state index in [0.29, 0.717) is 11.4 Å². The molecule has 2 aromatic rings. The fourth-order valence-electron chi connectivity index (χ4n) is 2.65. The van der Waals surface area contributed by atoms with Crippen molar-refractivity contribution in [1.29, 1.82) is 0 Å². The molecule has 0 aromatic heterocycles. The molecule has 0 spiro atoms. The molecule has 0 saturated carbocycles. The number of hydrogen-bond donors (Lipinski definition) is 2. The van der Waals surface area contributed by atoms with Crippen LogP contribution in [0, 0.1) is 0 Å². The molecule has 2 amide bonds. The monoisotopic (exact) mass is 342 g/mol. The zero-order valence-electron chi connectivity index (χ0n) is 13.4. The molecule has 0 aliphatic carbocycles. The van der Waals surface area contributed by atoms with Gasteiger partial charge in [0.2, 0.25) is 11.8 Å². The molecule has 0 saturated heterocycles. The summed E-state index contributed by atoms with van der Waals surface area (Å²) in [7, 11) is 0. The minimum Gasteiger partial charge on any atom is -0.508 e. The number of para-hydroxylation sites is 2. The Morgan fingerprint density at radius 3 is 2.54 bits per heavy atom. The number of nitrogens with one attached hydrogen (secondary N) is 1. The number of nitrogens with zero attached hydrogens (tertiary/aromatic N) is 1. The quantitative estimate of drug-likeness (QED) is 0.840. The molecule has 0 fully saturated rings. The number of carbonyl (C=O) groups excluding carboxylic acids is 2. The minimum atomic E-state index is -0.957. The van der Waals surface area contributed by atoms with Crippen molar-refractivity contribution in [3.05, 3.63) is 48.5 Å². The van der Waals surface area contributed by atoms with Crippen LogP contribution in [0.15, 0.2) is 53.4 Å². The molecule has 1 heterocycles. The summed E-state index contributed by atoms with van der Waals surface area (Å²) in [4.78, 5) is 27.7. The number of fused-ring (bicyclic) bond motifs is 1. The number of anilines is 2. The Labute approximate surface area is 144 Å². The Morgan fingerprint density at radius 2 is 1.83 bits per heavy atom. The second-order valence-corrected chi connectivity index (χ2v) is 7.09. The van der Waals surface area contributed by atoms with E-state index in [9.17, 15) is 14.7 Å². The highest BCUT2D eigenvalue weighted by Crippen LogP contribution is 2.37. The summed E-state index contributed by atoms with van der Waals surface area (Å²) in [5.74, 6) is 0.0496. The Morgan fingerprint density at radius 1 is 1.17 bits per heavy atom. The standard InChI is InChI=1S/C18H18N2O3S/c1-18(2)17(23)19-14-5-3-4-6-15(14)20(18)16(22)11-24-13-9-7-12(21)8-10-13/h3-10,21H,11H2,1-2H3,(H,19,23). The predicted octanol–water partition coefficient (Wildman–Crippen LogP) is 3.25. The number of phenols is 1. The third kappa shape index (κ3) is 2.97. The Bertz CT molecular complexity index is 787. The van der Waals surface area contributed by atoms with Crippen LogP contribution < -0.4 is 10.2 Å². The topological polar surface area (TPSA) is 69.6 Å². The highest BCUT2D eigenvalue weighted by Gasteiger charge is 2.43. The number of benzene rings is 2. The van der Waals surface area contributed by atoms with Crippen molar-refractivity contribution in [2.45, 2.75) is 24.3 Å². The van der Waals surface area contributed by atoms with Crippen LogP contribution in [0.25, 0.3) is 0 Å². The summed E-state index contributed by atoms with van der Waals surface area (Å²) in [5, 5.41) is 12.2. The van der Waals surface area contributed by atoms with Crippen LogP contribution in [0.3, 0.4) is 0 Å². The first-order chi connectivity index (χ1) is 11.4. The third-order valence-electron chi connectivity index (χ3n) is 3.96. The summed E-state index contributed by atoms with van der Waals surface area (Å²) in [6, 6.07) is 14.0. The van der Waals surface area contributed by atoms with Crippen molar-refractivity contribution < 1.29 is 14.7 Å². The average molecular weight is 342 g/mol. The molecule has 0 atom stereocenters. The number of phenolic OH excluding ortho intramolecular Hbond substituents is 1. The van der Waals surface area contributed by atoms with Gasteiger partial charge in [-0.1, -0.05) is 12.1 Å². The van der Waals surface area contributed by atoms with Crippen molar-refractivity contribution in [1.82, 2.24) is 0 Å². The van der Waals surface area contributed by atoms with Crippen molar-refractivity contribution in [2.24, 2.45) is 0 Å². The molecular formula is C18H18N2O3S. The molecule has 6 heteroatoms. The van der Waals surface area contributed by atoms with Crippen LogP contribution in [0.5, 0.6) is 5.75 Å². The smallest absolute Gasteiger partial charge is 0.250 e. The van der Waals surface area contributed by atoms with Crippen LogP contribution in [0.2, 0.25) is 0 Å². The van der Waals surface area contributed by atoms with E-state index in [1.165, 1.54) is 11.8 Å². The van der Waals surface area contributed by atoms with Gasteiger partial charge in [-0.15, -0.1) is 11.8 Å². The average Bonchev–Trinajstić information content (AvgIpc) is 2.55. The van der Waals surface area contributed by atoms with Gasteiger partial charge >= 0.3 is 0 Å². The second-order valence-electron chi connectivity index (χ2n) is 6.04. The maximum absolute atomic E-state index is 12.8. The molecule has 5 nitrogen and oxygen atoms in total. The van der Waals surface area contributed by atoms with E-state index in [0.717, 1.165) is 4.90 Å². The fourth-order valence-corrected chi connectivity index (χ4v) is 3.40. The maximum Gasteiger partial charge on any atom is 0.250 e. The van der Waals surface area contributed by atoms with Crippen LogP contribution in [0.1, 0.15) is 13.8 Å². The molecule has 1 aliphatic rings. The summed E-state index contributed by atoms with van der Waals surface area (Å²) < 4.78 is 0. The van der Waals surface area contributed by atoms with Gasteiger partial charge in [-0.05, 0) is 50.2 Å². The molecule has 0 unspecified atom stereocenters. The van der Waals surface area contributed by atoms with Crippen molar-refractivity contribution >= 4 is 35.0 Å². The molecule has 0 radical (unpaired) electrons. The van der Waals surface area contributed by atoms with Crippen molar-refractivity contribution in [3.8, 4) is 5.75 Å². The van der Waals surface area contributed by atoms with Gasteiger partial charge in [0.1, 0.15) is 11.3 Å². The molecule has 124 valence electrons. The summed E-state index contributed by atoms with van der Waals surface area (Å²) >= 11 is 1.37. The predicted molar refractivity (Wildman–Crippen MR) is 95.5 cm³/mol. The summed E-state index contributed by atoms with van der Waals surface area (Å²) in [6.07, 6.45) is 0. The van der Waals surface area contributed by atoms with E-state index in [1.54, 1.807) is 49.1 Å². The first-order valence-corrected chi connectivity index (χ1v) is 8.53. The van der Waals surface area contributed by atoms with Gasteiger partial charge in [0, 0.05) is 4.90 Å². The molecule has 2 aromatic carbocycles. The van der Waals surface area contributed by atoms with Crippen LogP contribution >= 0.6 is 11.8 Å². The molecule has 3 rings (SSSR count). The first kappa shape index (κ1) is 16.4. The lowest BCUT2D eigenvalue weighted by molar-refractivity contribution is -0.125. The van der Waals surface area contributed by atoms with Crippen LogP contribution in [-0.2, 0) is 9.59 Å². The Kier molecular flexibility index (Phi) is 4.24. The number of aromatic hydroxyl groups is 1. The van der Waals surface area contributed by atoms with Crippen molar-refractivity contribution in [3.63, 3.8) is 0 Å². The van der Waals surface area contributed by atoms with Gasteiger partial charge < -0.3 is 10.4 Å². The largest absolute Gasteiger partial charge is 0.508 e. The van der Waals surface area contributed by atoms with Crippen LogP contribution in [0.4, 0.5) is 11.4 Å². The van der Waals surface area contributed by atoms with Gasteiger partial charge in [-0.25, -0.2) is 0 Å². The molecule has 1 aliphatic heterocycles. The van der Waals surface area contributed by atoms with E-state index in [-0.39, 0.29) is 23.3 Å². The lowest BCUT2D eigenvalue weighted by atomic mass is 9.96. The van der Waals surface area contributed by atoms with E-state index in [1.807, 2.05) is 18.2 Å². The zero-order valence-corrected chi connectivity index (χ0v) is 14.3. The van der Waals surface area contributed by atoms with E-state index < -0.39 is 5.54 Å². The second kappa shape index (κ2) is 6.20. The first-order valence-electron chi connectivity index (χ1n) is 7.55. The number of amides is 2. The lowest BCUT2D eigenvalue weighted by Crippen LogP contribution is -2.58. The zero-order chi connectivity index (χ0) is 17.3. The number of rotatable bonds is 3.